The molecular formula is C9H20N4O2. The SMILES string of the molecule is CCN(CC)C(=O)CCNCC(N)=NO. The second-order valence-electron chi connectivity index (χ2n) is 3.08. The number of oxime groups is 1. The van der Waals surface area contributed by atoms with Gasteiger partial charge in [-0.1, -0.05) is 5.16 Å². The summed E-state index contributed by atoms with van der Waals surface area (Å²) in [6, 6.07) is 0. The Hall–Kier alpha value is -1.30. The number of carbonyl (C=O) groups excluding carboxylic acids is 1. The highest BCUT2D eigenvalue weighted by molar-refractivity contribution is 5.81. The molecule has 1 amide bonds. The number of carbonyl (C=O) groups is 1. The van der Waals surface area contributed by atoms with Crippen molar-refractivity contribution in [1.29, 1.82) is 0 Å². The monoisotopic (exact) mass is 216 g/mol. The Morgan fingerprint density at radius 2 is 2.07 bits per heavy atom. The van der Waals surface area contributed by atoms with Crippen LogP contribution < -0.4 is 11.1 Å². The lowest BCUT2D eigenvalue weighted by atomic mass is 10.3. The first-order valence-electron chi connectivity index (χ1n) is 5.10. The van der Waals surface area contributed by atoms with Crippen LogP contribution in [0.25, 0.3) is 0 Å². The van der Waals surface area contributed by atoms with Crippen molar-refractivity contribution in [2.45, 2.75) is 20.3 Å². The number of hydrogen-bond acceptors (Lipinski definition) is 4. The highest BCUT2D eigenvalue weighted by Gasteiger charge is 2.08. The summed E-state index contributed by atoms with van der Waals surface area (Å²) < 4.78 is 0. The van der Waals surface area contributed by atoms with E-state index in [1.54, 1.807) is 4.90 Å². The lowest BCUT2D eigenvalue weighted by Crippen LogP contribution is -2.35. The highest BCUT2D eigenvalue weighted by atomic mass is 16.4. The van der Waals surface area contributed by atoms with E-state index in [-0.39, 0.29) is 11.7 Å². The maximum Gasteiger partial charge on any atom is 0.223 e. The van der Waals surface area contributed by atoms with Crippen LogP contribution in [0, 0.1) is 0 Å². The van der Waals surface area contributed by atoms with Crippen molar-refractivity contribution in [3.63, 3.8) is 0 Å². The molecule has 4 N–H and O–H groups in total. The molecule has 0 unspecified atom stereocenters. The summed E-state index contributed by atoms with van der Waals surface area (Å²) in [6.07, 6.45) is 0.431. The average molecular weight is 216 g/mol. The molecule has 0 atom stereocenters. The maximum atomic E-state index is 11.5. The molecule has 0 aliphatic heterocycles. The molecule has 0 spiro atoms. The standard InChI is InChI=1S/C9H20N4O2/c1-3-13(4-2)9(14)5-6-11-7-8(10)12-15/h11,15H,3-7H2,1-2H3,(H2,10,12). The molecule has 6 heteroatoms. The van der Waals surface area contributed by atoms with Gasteiger partial charge in [-0.25, -0.2) is 0 Å². The van der Waals surface area contributed by atoms with E-state index in [1.807, 2.05) is 13.8 Å². The Kier molecular flexibility index (Phi) is 7.35. The zero-order chi connectivity index (χ0) is 11.7. The van der Waals surface area contributed by atoms with Gasteiger partial charge in [0.25, 0.3) is 0 Å². The van der Waals surface area contributed by atoms with Crippen molar-refractivity contribution in [3.8, 4) is 0 Å². The first kappa shape index (κ1) is 13.7. The van der Waals surface area contributed by atoms with E-state index in [0.29, 0.717) is 19.5 Å². The van der Waals surface area contributed by atoms with E-state index in [9.17, 15) is 4.79 Å². The molecule has 0 aliphatic carbocycles. The van der Waals surface area contributed by atoms with Crippen molar-refractivity contribution < 1.29 is 10.0 Å². The smallest absolute Gasteiger partial charge is 0.223 e. The minimum absolute atomic E-state index is 0.116. The van der Waals surface area contributed by atoms with Gasteiger partial charge in [-0.15, -0.1) is 0 Å². The zero-order valence-electron chi connectivity index (χ0n) is 9.36. The summed E-state index contributed by atoms with van der Waals surface area (Å²) in [5.74, 6) is 0.234. The molecular weight excluding hydrogens is 196 g/mol. The topological polar surface area (TPSA) is 91.0 Å². The molecule has 0 aliphatic rings. The van der Waals surface area contributed by atoms with Crippen LogP contribution in [0.2, 0.25) is 0 Å². The van der Waals surface area contributed by atoms with Crippen LogP contribution >= 0.6 is 0 Å². The summed E-state index contributed by atoms with van der Waals surface area (Å²) >= 11 is 0. The van der Waals surface area contributed by atoms with Crippen molar-refractivity contribution in [1.82, 2.24) is 10.2 Å². The summed E-state index contributed by atoms with van der Waals surface area (Å²) in [7, 11) is 0. The van der Waals surface area contributed by atoms with Gasteiger partial charge < -0.3 is 21.2 Å². The van der Waals surface area contributed by atoms with E-state index < -0.39 is 0 Å². The lowest BCUT2D eigenvalue weighted by molar-refractivity contribution is -0.130. The molecule has 15 heavy (non-hydrogen) atoms. The van der Waals surface area contributed by atoms with Crippen molar-refractivity contribution in [2.24, 2.45) is 10.9 Å². The molecule has 88 valence electrons. The van der Waals surface area contributed by atoms with E-state index in [0.717, 1.165) is 13.1 Å². The highest BCUT2D eigenvalue weighted by Crippen LogP contribution is 1.92. The number of rotatable bonds is 7. The van der Waals surface area contributed by atoms with Crippen LogP contribution in [0.3, 0.4) is 0 Å². The van der Waals surface area contributed by atoms with E-state index in [4.69, 9.17) is 10.9 Å². The predicted molar refractivity (Wildman–Crippen MR) is 58.8 cm³/mol. The van der Waals surface area contributed by atoms with E-state index >= 15 is 0 Å². The molecule has 0 aromatic carbocycles. The Bertz CT molecular complexity index is 214. The Balaban J connectivity index is 3.63. The molecule has 0 heterocycles. The number of amidine groups is 1. The number of nitrogens with two attached hydrogens (primary N) is 1. The quantitative estimate of drug-likeness (QED) is 0.177. The minimum Gasteiger partial charge on any atom is -0.409 e. The van der Waals surface area contributed by atoms with Crippen molar-refractivity contribution in [2.75, 3.05) is 26.2 Å². The van der Waals surface area contributed by atoms with Gasteiger partial charge in [-0.05, 0) is 13.8 Å². The van der Waals surface area contributed by atoms with Crippen LogP contribution in [-0.2, 0) is 4.79 Å². The van der Waals surface area contributed by atoms with Gasteiger partial charge in [-0.2, -0.15) is 0 Å². The molecule has 0 saturated heterocycles. The van der Waals surface area contributed by atoms with Gasteiger partial charge >= 0.3 is 0 Å². The molecule has 0 rings (SSSR count). The van der Waals surface area contributed by atoms with Crippen LogP contribution in [0.15, 0.2) is 5.16 Å². The number of nitrogens with zero attached hydrogens (tertiary/aromatic N) is 2. The molecule has 0 saturated carbocycles. The van der Waals surface area contributed by atoms with Crippen LogP contribution in [0.5, 0.6) is 0 Å². The number of amides is 1. The van der Waals surface area contributed by atoms with Crippen LogP contribution in [0.1, 0.15) is 20.3 Å². The van der Waals surface area contributed by atoms with Gasteiger partial charge in [0.1, 0.15) is 0 Å². The third-order valence-corrected chi connectivity index (χ3v) is 2.07. The van der Waals surface area contributed by atoms with E-state index in [2.05, 4.69) is 10.5 Å². The third-order valence-electron chi connectivity index (χ3n) is 2.07. The first-order valence-corrected chi connectivity index (χ1v) is 5.10. The van der Waals surface area contributed by atoms with Crippen molar-refractivity contribution in [3.05, 3.63) is 0 Å². The number of hydrogen-bond donors (Lipinski definition) is 3. The molecule has 0 fully saturated rings. The van der Waals surface area contributed by atoms with Gasteiger partial charge in [0.05, 0.1) is 6.54 Å². The molecule has 0 bridgehead atoms. The fraction of sp³-hybridized carbons (Fsp3) is 0.778. The Labute approximate surface area is 90.1 Å². The minimum atomic E-state index is 0.116. The number of nitrogens with one attached hydrogen (secondary N) is 1. The van der Waals surface area contributed by atoms with Crippen LogP contribution in [0.4, 0.5) is 0 Å². The van der Waals surface area contributed by atoms with Gasteiger partial charge in [0.2, 0.25) is 5.91 Å². The molecule has 6 nitrogen and oxygen atoms in total. The molecule has 0 aromatic heterocycles. The lowest BCUT2D eigenvalue weighted by Gasteiger charge is -2.18. The molecule has 0 aromatic rings. The zero-order valence-corrected chi connectivity index (χ0v) is 9.36. The van der Waals surface area contributed by atoms with Gasteiger partial charge in [0, 0.05) is 26.1 Å². The van der Waals surface area contributed by atoms with E-state index in [1.165, 1.54) is 0 Å². The second-order valence-corrected chi connectivity index (χ2v) is 3.08. The Morgan fingerprint density at radius 3 is 2.53 bits per heavy atom. The molecule has 0 radical (unpaired) electrons. The summed E-state index contributed by atoms with van der Waals surface area (Å²) in [6.45, 7) is 6.19. The fourth-order valence-corrected chi connectivity index (χ4v) is 1.18. The maximum absolute atomic E-state index is 11.5. The largest absolute Gasteiger partial charge is 0.409 e. The summed E-state index contributed by atoms with van der Waals surface area (Å²) in [5.41, 5.74) is 5.24. The first-order chi connectivity index (χ1) is 7.15. The second kappa shape index (κ2) is 8.05. The van der Waals surface area contributed by atoms with Gasteiger partial charge in [-0.3, -0.25) is 4.79 Å². The third kappa shape index (κ3) is 5.90. The average Bonchev–Trinajstić information content (AvgIpc) is 2.25. The summed E-state index contributed by atoms with van der Waals surface area (Å²) in [4.78, 5) is 13.3. The van der Waals surface area contributed by atoms with Crippen molar-refractivity contribution >= 4 is 11.7 Å². The normalized spacial score (nSPS) is 11.5. The Morgan fingerprint density at radius 1 is 1.47 bits per heavy atom. The van der Waals surface area contributed by atoms with Crippen LogP contribution in [-0.4, -0.2) is 48.0 Å². The summed E-state index contributed by atoms with van der Waals surface area (Å²) in [5, 5.41) is 14.0. The van der Waals surface area contributed by atoms with Gasteiger partial charge in [0.15, 0.2) is 5.84 Å². The fourth-order valence-electron chi connectivity index (χ4n) is 1.18. The predicted octanol–water partition coefficient (Wildman–Crippen LogP) is -0.419.